The van der Waals surface area contributed by atoms with Crippen LogP contribution in [-0.4, -0.2) is 55.7 Å². The number of hydrogen-bond acceptors (Lipinski definition) is 5. The molecule has 1 N–H and O–H groups in total. The van der Waals surface area contributed by atoms with E-state index in [4.69, 9.17) is 9.84 Å². The van der Waals surface area contributed by atoms with Crippen LogP contribution in [0.3, 0.4) is 0 Å². The number of carboxylic acids is 1. The second-order valence-corrected chi connectivity index (χ2v) is 7.89. The number of rotatable bonds is 5. The predicted octanol–water partition coefficient (Wildman–Crippen LogP) is 0.456. The van der Waals surface area contributed by atoms with E-state index in [-0.39, 0.29) is 18.8 Å². The zero-order valence-electron chi connectivity index (χ0n) is 12.1. The van der Waals surface area contributed by atoms with Gasteiger partial charge in [0.15, 0.2) is 0 Å². The Hall–Kier alpha value is -1.15. The second kappa shape index (κ2) is 5.92. The lowest BCUT2D eigenvalue weighted by Gasteiger charge is -2.28. The van der Waals surface area contributed by atoms with Crippen molar-refractivity contribution in [1.29, 1.82) is 0 Å². The van der Waals surface area contributed by atoms with E-state index in [1.807, 2.05) is 0 Å². The lowest BCUT2D eigenvalue weighted by atomic mass is 9.89. The van der Waals surface area contributed by atoms with E-state index in [1.165, 1.54) is 11.4 Å². The number of sulfonamides is 1. The zero-order valence-corrected chi connectivity index (χ0v) is 12.9. The minimum Gasteiger partial charge on any atom is -0.481 e. The fourth-order valence-electron chi connectivity index (χ4n) is 3.30. The Bertz CT molecular complexity index is 523. The average Bonchev–Trinajstić information content (AvgIpc) is 3.06. The van der Waals surface area contributed by atoms with Crippen molar-refractivity contribution in [2.45, 2.75) is 32.1 Å². The molecule has 1 aliphatic heterocycles. The molecule has 0 amide bonds. The molecule has 1 atom stereocenters. The van der Waals surface area contributed by atoms with Crippen molar-refractivity contribution >= 4 is 22.0 Å². The summed E-state index contributed by atoms with van der Waals surface area (Å²) in [5, 5.41) is 8.96. The van der Waals surface area contributed by atoms with Crippen LogP contribution in [-0.2, 0) is 24.3 Å². The number of carbonyl (C=O) groups excluding carboxylic acids is 1. The Morgan fingerprint density at radius 3 is 2.43 bits per heavy atom. The summed E-state index contributed by atoms with van der Waals surface area (Å²) in [7, 11) is -2.39. The summed E-state index contributed by atoms with van der Waals surface area (Å²) in [6, 6.07) is 0. The van der Waals surface area contributed by atoms with Gasteiger partial charge in [0.1, 0.15) is 0 Å². The van der Waals surface area contributed by atoms with Crippen molar-refractivity contribution in [3.8, 4) is 0 Å². The Balaban J connectivity index is 2.13. The van der Waals surface area contributed by atoms with Gasteiger partial charge in [-0.2, -0.15) is 0 Å². The molecule has 0 aromatic heterocycles. The minimum absolute atomic E-state index is 0.00504. The fraction of sp³-hybridized carbons (Fsp3) is 0.846. The average molecular weight is 319 g/mol. The molecule has 1 saturated heterocycles. The third-order valence-electron chi connectivity index (χ3n) is 4.53. The molecular weight excluding hydrogens is 298 g/mol. The van der Waals surface area contributed by atoms with Crippen molar-refractivity contribution in [3.05, 3.63) is 0 Å². The normalized spacial score (nSPS) is 25.9. The zero-order chi connectivity index (χ0) is 15.7. The van der Waals surface area contributed by atoms with Gasteiger partial charge in [0.25, 0.3) is 0 Å². The molecule has 0 aromatic carbocycles. The first-order valence-electron chi connectivity index (χ1n) is 7.10. The molecule has 120 valence electrons. The predicted molar refractivity (Wildman–Crippen MR) is 74.0 cm³/mol. The van der Waals surface area contributed by atoms with E-state index in [2.05, 4.69) is 0 Å². The topological polar surface area (TPSA) is 101 Å². The van der Waals surface area contributed by atoms with Gasteiger partial charge in [0, 0.05) is 13.1 Å². The van der Waals surface area contributed by atoms with Crippen LogP contribution in [0.25, 0.3) is 0 Å². The number of methoxy groups -OCH3 is 1. The highest BCUT2D eigenvalue weighted by Gasteiger charge is 2.48. The van der Waals surface area contributed by atoms with Gasteiger partial charge in [-0.15, -0.1) is 0 Å². The summed E-state index contributed by atoms with van der Waals surface area (Å²) in [6.07, 6.45) is 2.95. The monoisotopic (exact) mass is 319 g/mol. The summed E-state index contributed by atoms with van der Waals surface area (Å²) in [5.41, 5.74) is -0.963. The van der Waals surface area contributed by atoms with Crippen molar-refractivity contribution in [1.82, 2.24) is 4.31 Å². The van der Waals surface area contributed by atoms with E-state index < -0.39 is 33.3 Å². The van der Waals surface area contributed by atoms with Gasteiger partial charge in [-0.1, -0.05) is 12.8 Å². The van der Waals surface area contributed by atoms with E-state index >= 15 is 0 Å². The Kier molecular flexibility index (Phi) is 4.57. The summed E-state index contributed by atoms with van der Waals surface area (Å²) >= 11 is 0. The van der Waals surface area contributed by atoms with E-state index in [1.54, 1.807) is 0 Å². The highest BCUT2D eigenvalue weighted by Crippen LogP contribution is 2.41. The smallest absolute Gasteiger partial charge is 0.312 e. The van der Waals surface area contributed by atoms with Gasteiger partial charge in [-0.25, -0.2) is 12.7 Å². The van der Waals surface area contributed by atoms with E-state index in [9.17, 15) is 18.0 Å². The van der Waals surface area contributed by atoms with E-state index in [0.29, 0.717) is 19.3 Å². The number of esters is 1. The van der Waals surface area contributed by atoms with Gasteiger partial charge in [0.05, 0.1) is 24.2 Å². The van der Waals surface area contributed by atoms with Crippen LogP contribution in [0.4, 0.5) is 0 Å². The molecule has 1 heterocycles. The molecule has 0 aromatic rings. The largest absolute Gasteiger partial charge is 0.481 e. The van der Waals surface area contributed by atoms with Crippen LogP contribution in [0.15, 0.2) is 0 Å². The van der Waals surface area contributed by atoms with Gasteiger partial charge in [-0.05, 0) is 19.3 Å². The quantitative estimate of drug-likeness (QED) is 0.739. The second-order valence-electron chi connectivity index (χ2n) is 5.92. The minimum atomic E-state index is -3.65. The van der Waals surface area contributed by atoms with Gasteiger partial charge >= 0.3 is 11.9 Å². The maximum Gasteiger partial charge on any atom is 0.312 e. The first kappa shape index (κ1) is 16.2. The van der Waals surface area contributed by atoms with Crippen molar-refractivity contribution < 1.29 is 27.9 Å². The van der Waals surface area contributed by atoms with Gasteiger partial charge in [-0.3, -0.25) is 9.59 Å². The summed E-state index contributed by atoms with van der Waals surface area (Å²) in [4.78, 5) is 22.9. The number of nitrogens with zero attached hydrogens (tertiary/aromatic N) is 1. The molecule has 2 rings (SSSR count). The molecule has 2 aliphatic rings. The fourth-order valence-corrected chi connectivity index (χ4v) is 5.38. The first-order valence-corrected chi connectivity index (χ1v) is 8.71. The van der Waals surface area contributed by atoms with Crippen LogP contribution < -0.4 is 0 Å². The number of hydrogen-bond donors (Lipinski definition) is 1. The molecule has 1 unspecified atom stereocenters. The Labute approximate surface area is 124 Å². The highest BCUT2D eigenvalue weighted by molar-refractivity contribution is 7.89. The SMILES string of the molecule is COC(=O)C1(CS(=O)(=O)N2CCC(C(=O)O)C2)CCCC1. The van der Waals surface area contributed by atoms with E-state index in [0.717, 1.165) is 12.8 Å². The van der Waals surface area contributed by atoms with Crippen LogP contribution >= 0.6 is 0 Å². The third kappa shape index (κ3) is 3.21. The summed E-state index contributed by atoms with van der Waals surface area (Å²) in [5.74, 6) is -2.38. The highest BCUT2D eigenvalue weighted by atomic mass is 32.2. The lowest BCUT2D eigenvalue weighted by molar-refractivity contribution is -0.151. The van der Waals surface area contributed by atoms with Crippen molar-refractivity contribution in [2.75, 3.05) is 26.0 Å². The van der Waals surface area contributed by atoms with Gasteiger partial charge in [0.2, 0.25) is 10.0 Å². The van der Waals surface area contributed by atoms with Crippen molar-refractivity contribution in [3.63, 3.8) is 0 Å². The molecule has 0 radical (unpaired) electrons. The maximum atomic E-state index is 12.5. The molecule has 8 heteroatoms. The molecule has 7 nitrogen and oxygen atoms in total. The lowest BCUT2D eigenvalue weighted by Crippen LogP contribution is -2.42. The first-order chi connectivity index (χ1) is 9.81. The summed E-state index contributed by atoms with van der Waals surface area (Å²) in [6.45, 7) is 0.200. The van der Waals surface area contributed by atoms with Crippen LogP contribution in [0.2, 0.25) is 0 Å². The number of aliphatic carboxylic acids is 1. The van der Waals surface area contributed by atoms with Gasteiger partial charge < -0.3 is 9.84 Å². The maximum absolute atomic E-state index is 12.5. The molecule has 0 spiro atoms. The van der Waals surface area contributed by atoms with Crippen molar-refractivity contribution in [2.24, 2.45) is 11.3 Å². The standard InChI is InChI=1S/C13H21NO6S/c1-20-12(17)13(5-2-3-6-13)9-21(18,19)14-7-4-10(8-14)11(15)16/h10H,2-9H2,1H3,(H,15,16). The van der Waals surface area contributed by atoms with Crippen LogP contribution in [0, 0.1) is 11.3 Å². The molecule has 1 saturated carbocycles. The molecule has 21 heavy (non-hydrogen) atoms. The number of carbonyl (C=O) groups is 2. The summed E-state index contributed by atoms with van der Waals surface area (Å²) < 4.78 is 31.0. The number of carboxylic acid groups (broad SMARTS) is 1. The van der Waals surface area contributed by atoms with Crippen LogP contribution in [0.1, 0.15) is 32.1 Å². The van der Waals surface area contributed by atoms with Crippen LogP contribution in [0.5, 0.6) is 0 Å². The molecule has 0 bridgehead atoms. The molecule has 2 fully saturated rings. The Morgan fingerprint density at radius 2 is 1.95 bits per heavy atom. The third-order valence-corrected chi connectivity index (χ3v) is 6.57. The molecule has 1 aliphatic carbocycles. The number of ether oxygens (including phenoxy) is 1. The molecular formula is C13H21NO6S. The Morgan fingerprint density at radius 1 is 1.33 bits per heavy atom.